The molecule has 1 aromatic rings. The second-order valence-corrected chi connectivity index (χ2v) is 4.09. The molecule has 0 spiro atoms. The summed E-state index contributed by atoms with van der Waals surface area (Å²) in [6.07, 6.45) is 2.15. The summed E-state index contributed by atoms with van der Waals surface area (Å²) >= 11 is 0. The van der Waals surface area contributed by atoms with Crippen LogP contribution in [0.1, 0.15) is 6.92 Å². The standard InChI is InChI=1S/C13H14N4/c1-10(15)12-7-17(9-14)8-13(12)16-11-5-3-2-4-6-11/h2-6H,7-8,15H2,1H3/p+1. The fraction of sp³-hybridized carbons (Fsp3) is 0.231. The average molecular weight is 227 g/mol. The van der Waals surface area contributed by atoms with E-state index in [9.17, 15) is 0 Å². The van der Waals surface area contributed by atoms with Gasteiger partial charge in [0.1, 0.15) is 6.54 Å². The minimum Gasteiger partial charge on any atom is -0.402 e. The van der Waals surface area contributed by atoms with Gasteiger partial charge in [-0.05, 0) is 6.92 Å². The van der Waals surface area contributed by atoms with E-state index in [4.69, 9.17) is 11.0 Å². The van der Waals surface area contributed by atoms with Crippen LogP contribution in [0.2, 0.25) is 0 Å². The molecule has 1 fully saturated rings. The Balaban J connectivity index is 2.35. The van der Waals surface area contributed by atoms with Gasteiger partial charge in [-0.25, -0.2) is 4.99 Å². The minimum atomic E-state index is 0.591. The lowest BCUT2D eigenvalue weighted by Crippen LogP contribution is -2.67. The number of nitrogens with two attached hydrogens (primary N) is 1. The summed E-state index contributed by atoms with van der Waals surface area (Å²) in [5, 5.41) is 8.92. The predicted molar refractivity (Wildman–Crippen MR) is 66.1 cm³/mol. The molecule has 0 radical (unpaired) electrons. The fourth-order valence-electron chi connectivity index (χ4n) is 1.87. The Morgan fingerprint density at radius 2 is 2.06 bits per heavy atom. The third-order valence-corrected chi connectivity index (χ3v) is 2.75. The maximum Gasteiger partial charge on any atom is 0.207 e. The molecule has 2 rings (SSSR count). The molecule has 0 aromatic heterocycles. The number of benzene rings is 1. The highest BCUT2D eigenvalue weighted by molar-refractivity contribution is 6.01. The Morgan fingerprint density at radius 1 is 1.35 bits per heavy atom. The molecule has 0 saturated carbocycles. The van der Waals surface area contributed by atoms with Gasteiger partial charge >= 0.3 is 0 Å². The number of hydrogen-bond acceptors (Lipinski definition) is 3. The Bertz CT molecular complexity index is 504. The van der Waals surface area contributed by atoms with Gasteiger partial charge in [-0.1, -0.05) is 18.2 Å². The second-order valence-electron chi connectivity index (χ2n) is 4.09. The normalized spacial score (nSPS) is 20.5. The van der Waals surface area contributed by atoms with Crippen LogP contribution in [0.4, 0.5) is 5.69 Å². The molecule has 1 aliphatic rings. The zero-order valence-corrected chi connectivity index (χ0v) is 9.77. The number of rotatable bonds is 1. The van der Waals surface area contributed by atoms with Crippen LogP contribution in [-0.2, 0) is 0 Å². The number of allylic oxidation sites excluding steroid dienone is 1. The van der Waals surface area contributed by atoms with E-state index in [1.165, 1.54) is 0 Å². The Hall–Kier alpha value is -2.28. The van der Waals surface area contributed by atoms with Crippen LogP contribution in [0.15, 0.2) is 41.6 Å². The summed E-state index contributed by atoms with van der Waals surface area (Å²) in [6, 6.07) is 9.89. The fourth-order valence-corrected chi connectivity index (χ4v) is 1.87. The number of hydrogen-bond donors (Lipinski definition) is 2. The Labute approximate surface area is 101 Å². The van der Waals surface area contributed by atoms with E-state index in [2.05, 4.69) is 11.2 Å². The van der Waals surface area contributed by atoms with Crippen LogP contribution in [-0.4, -0.2) is 23.7 Å². The quantitative estimate of drug-likeness (QED) is 0.657. The first kappa shape index (κ1) is 11.2. The van der Waals surface area contributed by atoms with Crippen molar-refractivity contribution in [2.45, 2.75) is 6.92 Å². The number of nitrogens with zero attached hydrogens (tertiary/aromatic N) is 2. The average Bonchev–Trinajstić information content (AvgIpc) is 2.74. The molecule has 4 heteroatoms. The third-order valence-electron chi connectivity index (χ3n) is 2.75. The van der Waals surface area contributed by atoms with Crippen molar-refractivity contribution in [3.63, 3.8) is 0 Å². The summed E-state index contributed by atoms with van der Waals surface area (Å²) in [4.78, 5) is 5.00. The van der Waals surface area contributed by atoms with Crippen molar-refractivity contribution < 1.29 is 4.99 Å². The summed E-state index contributed by atoms with van der Waals surface area (Å²) in [7, 11) is 0. The first-order valence-corrected chi connectivity index (χ1v) is 5.49. The summed E-state index contributed by atoms with van der Waals surface area (Å²) in [5.74, 6) is 0. The highest BCUT2D eigenvalue weighted by Gasteiger charge is 2.28. The van der Waals surface area contributed by atoms with Crippen LogP contribution in [0.3, 0.4) is 0 Å². The van der Waals surface area contributed by atoms with Crippen LogP contribution in [0, 0.1) is 11.5 Å². The van der Waals surface area contributed by atoms with Crippen LogP contribution in [0.25, 0.3) is 0 Å². The van der Waals surface area contributed by atoms with Gasteiger partial charge in [0.05, 0.1) is 12.1 Å². The molecule has 0 unspecified atom stereocenters. The van der Waals surface area contributed by atoms with Crippen molar-refractivity contribution in [2.24, 2.45) is 5.73 Å². The molecule has 1 heterocycles. The Kier molecular flexibility index (Phi) is 3.10. The van der Waals surface area contributed by atoms with E-state index >= 15 is 0 Å². The van der Waals surface area contributed by atoms with Gasteiger partial charge in [0, 0.05) is 17.8 Å². The SMILES string of the molecule is CC(N)=C1CN(C#N)CC1=[NH+]c1ccccc1. The van der Waals surface area contributed by atoms with Gasteiger partial charge in [-0.3, -0.25) is 4.90 Å². The van der Waals surface area contributed by atoms with Crippen molar-refractivity contribution in [1.82, 2.24) is 4.90 Å². The smallest absolute Gasteiger partial charge is 0.207 e. The summed E-state index contributed by atoms with van der Waals surface area (Å²) < 4.78 is 0. The molecule has 1 aromatic carbocycles. The molecule has 86 valence electrons. The molecule has 1 saturated heterocycles. The van der Waals surface area contributed by atoms with Crippen molar-refractivity contribution in [1.29, 1.82) is 5.26 Å². The monoisotopic (exact) mass is 227 g/mol. The topological polar surface area (TPSA) is 67.0 Å². The Morgan fingerprint density at radius 3 is 2.65 bits per heavy atom. The first-order chi connectivity index (χ1) is 8.20. The van der Waals surface area contributed by atoms with E-state index in [1.54, 1.807) is 4.90 Å². The van der Waals surface area contributed by atoms with E-state index in [-0.39, 0.29) is 0 Å². The lowest BCUT2D eigenvalue weighted by molar-refractivity contribution is -0.353. The van der Waals surface area contributed by atoms with Gasteiger partial charge in [0.25, 0.3) is 0 Å². The third kappa shape index (κ3) is 2.45. The molecular weight excluding hydrogens is 212 g/mol. The molecule has 0 amide bonds. The zero-order valence-electron chi connectivity index (χ0n) is 9.77. The summed E-state index contributed by atoms with van der Waals surface area (Å²) in [6.45, 7) is 3.05. The van der Waals surface area contributed by atoms with Gasteiger partial charge in [-0.15, -0.1) is 0 Å². The second kappa shape index (κ2) is 4.71. The first-order valence-electron chi connectivity index (χ1n) is 5.49. The van der Waals surface area contributed by atoms with Crippen molar-refractivity contribution in [3.05, 3.63) is 41.6 Å². The molecule has 17 heavy (non-hydrogen) atoms. The van der Waals surface area contributed by atoms with E-state index in [0.717, 1.165) is 22.7 Å². The molecule has 0 atom stereocenters. The molecule has 1 aliphatic heterocycles. The molecule has 0 bridgehead atoms. The maximum atomic E-state index is 8.92. The van der Waals surface area contributed by atoms with Crippen molar-refractivity contribution in [2.75, 3.05) is 13.1 Å². The lowest BCUT2D eigenvalue weighted by Gasteiger charge is -1.99. The number of para-hydroxylation sites is 1. The molecular formula is C13H15N4+. The van der Waals surface area contributed by atoms with Crippen LogP contribution < -0.4 is 10.7 Å². The highest BCUT2D eigenvalue weighted by atomic mass is 15.2. The van der Waals surface area contributed by atoms with Crippen molar-refractivity contribution >= 4 is 11.4 Å². The number of nitrogens with one attached hydrogen (secondary N) is 1. The van der Waals surface area contributed by atoms with Crippen LogP contribution >= 0.6 is 0 Å². The van der Waals surface area contributed by atoms with Crippen molar-refractivity contribution in [3.8, 4) is 6.19 Å². The van der Waals surface area contributed by atoms with Gasteiger partial charge < -0.3 is 5.73 Å². The van der Waals surface area contributed by atoms with E-state index in [0.29, 0.717) is 13.1 Å². The van der Waals surface area contributed by atoms with Gasteiger partial charge in [-0.2, -0.15) is 5.26 Å². The van der Waals surface area contributed by atoms with Gasteiger partial charge in [0.2, 0.25) is 11.4 Å². The van der Waals surface area contributed by atoms with E-state index < -0.39 is 0 Å². The van der Waals surface area contributed by atoms with E-state index in [1.807, 2.05) is 37.3 Å². The number of nitriles is 1. The molecule has 0 aliphatic carbocycles. The number of likely N-dealkylation sites (tertiary alicyclic amines) is 1. The largest absolute Gasteiger partial charge is 0.402 e. The minimum absolute atomic E-state index is 0.591. The molecule has 3 N–H and O–H groups in total. The predicted octanol–water partition coefficient (Wildman–Crippen LogP) is -0.131. The maximum absolute atomic E-state index is 8.92. The van der Waals surface area contributed by atoms with Crippen LogP contribution in [0.5, 0.6) is 0 Å². The zero-order chi connectivity index (χ0) is 12.3. The highest BCUT2D eigenvalue weighted by Crippen LogP contribution is 2.11. The lowest BCUT2D eigenvalue weighted by atomic mass is 10.1. The summed E-state index contributed by atoms with van der Waals surface area (Å²) in [5.41, 5.74) is 9.66. The van der Waals surface area contributed by atoms with Gasteiger partial charge in [0.15, 0.2) is 6.19 Å². The molecule has 4 nitrogen and oxygen atoms in total.